The molecule has 0 spiro atoms. The third-order valence-electron chi connectivity index (χ3n) is 6.54. The van der Waals surface area contributed by atoms with Gasteiger partial charge in [0.05, 0.1) is 17.5 Å². The molecule has 0 unspecified atom stereocenters. The maximum absolute atomic E-state index is 13.0. The summed E-state index contributed by atoms with van der Waals surface area (Å²) < 4.78 is 5.64. The maximum Gasteiger partial charge on any atom is 0.237 e. The van der Waals surface area contributed by atoms with Crippen molar-refractivity contribution >= 4 is 34.9 Å². The van der Waals surface area contributed by atoms with Gasteiger partial charge in [0.15, 0.2) is 12.4 Å². The molecular formula is C23H20ClNO4. The lowest BCUT2D eigenvalue weighted by atomic mass is 9.81. The van der Waals surface area contributed by atoms with Crippen LogP contribution in [0.5, 0.6) is 5.75 Å². The zero-order chi connectivity index (χ0) is 20.1. The van der Waals surface area contributed by atoms with Gasteiger partial charge in [-0.2, -0.15) is 0 Å². The number of carbonyl (C=O) groups excluding carboxylic acids is 3. The van der Waals surface area contributed by atoms with Gasteiger partial charge >= 0.3 is 0 Å². The molecule has 3 aliphatic rings. The largest absolute Gasteiger partial charge is 0.485 e. The van der Waals surface area contributed by atoms with E-state index in [4.69, 9.17) is 16.3 Å². The third kappa shape index (κ3) is 3.04. The van der Waals surface area contributed by atoms with Gasteiger partial charge in [-0.05, 0) is 67.5 Å². The van der Waals surface area contributed by atoms with Crippen molar-refractivity contribution in [2.24, 2.45) is 23.7 Å². The zero-order valence-electron chi connectivity index (χ0n) is 15.7. The van der Waals surface area contributed by atoms with Crippen molar-refractivity contribution in [3.05, 3.63) is 59.1 Å². The van der Waals surface area contributed by atoms with E-state index in [-0.39, 0.29) is 36.0 Å². The summed E-state index contributed by atoms with van der Waals surface area (Å²) in [6, 6.07) is 13.5. The molecule has 6 heteroatoms. The number of amides is 2. The van der Waals surface area contributed by atoms with Crippen LogP contribution in [0, 0.1) is 23.7 Å². The molecule has 2 aliphatic carbocycles. The van der Waals surface area contributed by atoms with Crippen LogP contribution in [0.1, 0.15) is 29.6 Å². The van der Waals surface area contributed by atoms with E-state index in [2.05, 4.69) is 0 Å². The molecule has 29 heavy (non-hydrogen) atoms. The number of rotatable bonds is 5. The zero-order valence-corrected chi connectivity index (χ0v) is 16.5. The highest BCUT2D eigenvalue weighted by Gasteiger charge is 2.61. The van der Waals surface area contributed by atoms with Crippen molar-refractivity contribution in [1.82, 2.24) is 0 Å². The molecule has 2 aromatic rings. The van der Waals surface area contributed by atoms with E-state index in [1.807, 2.05) is 0 Å². The number of fused-ring (bicyclic) bond motifs is 5. The average Bonchev–Trinajstić information content (AvgIpc) is 3.41. The van der Waals surface area contributed by atoms with Crippen molar-refractivity contribution in [2.45, 2.75) is 19.3 Å². The first-order chi connectivity index (χ1) is 14.0. The highest BCUT2D eigenvalue weighted by molar-refractivity contribution is 6.30. The minimum atomic E-state index is -0.175. The number of nitrogens with zero attached hydrogens (tertiary/aromatic N) is 1. The second-order valence-electron chi connectivity index (χ2n) is 8.11. The van der Waals surface area contributed by atoms with Gasteiger partial charge in [0.25, 0.3) is 0 Å². The molecule has 4 atom stereocenters. The van der Waals surface area contributed by atoms with Crippen molar-refractivity contribution in [3.8, 4) is 5.75 Å². The minimum absolute atomic E-state index is 0.0819. The summed E-state index contributed by atoms with van der Waals surface area (Å²) in [5.74, 6) is 0.500. The standard InChI is InChI=1S/C23H20ClNO4/c24-16-8-6-13(7-9-16)19(26)12-29-18-3-1-2-17(11-18)25-22(27)20-14-4-5-15(10-14)21(20)23(25)28/h1-3,6-9,11,14-15,20-21H,4-5,10,12H2/t14-,15+,20-,21+. The quantitative estimate of drug-likeness (QED) is 0.550. The normalized spacial score (nSPS) is 27.4. The SMILES string of the molecule is O=C(COc1cccc(N2C(=O)[C@@H]3[C@@H]4CC[C@@H](C4)[C@@H]3C2=O)c1)c1ccc(Cl)cc1. The second-order valence-corrected chi connectivity index (χ2v) is 8.55. The number of ether oxygens (including phenoxy) is 1. The molecule has 0 aromatic heterocycles. The van der Waals surface area contributed by atoms with Crippen molar-refractivity contribution in [1.29, 1.82) is 0 Å². The van der Waals surface area contributed by atoms with E-state index in [0.717, 1.165) is 19.3 Å². The summed E-state index contributed by atoms with van der Waals surface area (Å²) in [5, 5.41) is 0.563. The topological polar surface area (TPSA) is 63.7 Å². The van der Waals surface area contributed by atoms with Crippen LogP contribution >= 0.6 is 11.6 Å². The molecule has 0 N–H and O–H groups in total. The number of benzene rings is 2. The van der Waals surface area contributed by atoms with E-state index < -0.39 is 0 Å². The van der Waals surface area contributed by atoms with Crippen LogP contribution < -0.4 is 9.64 Å². The Bertz CT molecular complexity index is 974. The Labute approximate surface area is 173 Å². The summed E-state index contributed by atoms with van der Waals surface area (Å²) in [5.41, 5.74) is 1.03. The lowest BCUT2D eigenvalue weighted by Gasteiger charge is -2.19. The van der Waals surface area contributed by atoms with Crippen LogP contribution in [-0.4, -0.2) is 24.2 Å². The highest BCUT2D eigenvalue weighted by atomic mass is 35.5. The molecule has 1 aliphatic heterocycles. The minimum Gasteiger partial charge on any atom is -0.485 e. The maximum atomic E-state index is 13.0. The van der Waals surface area contributed by atoms with Crippen LogP contribution in [-0.2, 0) is 9.59 Å². The molecule has 2 amide bonds. The predicted octanol–water partition coefficient (Wildman–Crippen LogP) is 4.14. The van der Waals surface area contributed by atoms with E-state index in [9.17, 15) is 14.4 Å². The Morgan fingerprint density at radius 2 is 1.66 bits per heavy atom. The second kappa shape index (κ2) is 6.99. The van der Waals surface area contributed by atoms with E-state index >= 15 is 0 Å². The van der Waals surface area contributed by atoms with Crippen LogP contribution in [0.3, 0.4) is 0 Å². The summed E-state index contributed by atoms with van der Waals surface area (Å²) in [7, 11) is 0. The van der Waals surface area contributed by atoms with Gasteiger partial charge < -0.3 is 4.74 Å². The van der Waals surface area contributed by atoms with Gasteiger partial charge in [0.2, 0.25) is 11.8 Å². The van der Waals surface area contributed by atoms with E-state index in [1.165, 1.54) is 4.90 Å². The molecule has 2 aromatic carbocycles. The van der Waals surface area contributed by atoms with Gasteiger partial charge in [-0.15, -0.1) is 0 Å². The van der Waals surface area contributed by atoms with Crippen molar-refractivity contribution in [3.63, 3.8) is 0 Å². The molecule has 2 bridgehead atoms. The first-order valence-corrected chi connectivity index (χ1v) is 10.3. The Kier molecular flexibility index (Phi) is 4.43. The number of imide groups is 1. The van der Waals surface area contributed by atoms with Gasteiger partial charge in [0.1, 0.15) is 5.75 Å². The molecular weight excluding hydrogens is 390 g/mol. The number of anilines is 1. The molecule has 148 valence electrons. The van der Waals surface area contributed by atoms with Crippen molar-refractivity contribution < 1.29 is 19.1 Å². The average molecular weight is 410 g/mol. The number of ketones is 1. The Morgan fingerprint density at radius 1 is 1.00 bits per heavy atom. The molecule has 0 radical (unpaired) electrons. The molecule has 3 fully saturated rings. The number of hydrogen-bond acceptors (Lipinski definition) is 4. The third-order valence-corrected chi connectivity index (χ3v) is 6.79. The fraction of sp³-hybridized carbons (Fsp3) is 0.348. The van der Waals surface area contributed by atoms with Crippen LogP contribution in [0.4, 0.5) is 5.69 Å². The summed E-state index contributed by atoms with van der Waals surface area (Å²) in [6.45, 7) is -0.137. The summed E-state index contributed by atoms with van der Waals surface area (Å²) in [4.78, 5) is 39.6. The van der Waals surface area contributed by atoms with Gasteiger partial charge in [-0.3, -0.25) is 14.4 Å². The lowest BCUT2D eigenvalue weighted by Crippen LogP contribution is -2.32. The van der Waals surface area contributed by atoms with Gasteiger partial charge in [-0.25, -0.2) is 4.90 Å². The first kappa shape index (κ1) is 18.4. The van der Waals surface area contributed by atoms with E-state index in [0.29, 0.717) is 33.9 Å². The monoisotopic (exact) mass is 409 g/mol. The number of Topliss-reactive ketones (excluding diaryl/α,β-unsaturated/α-hetero) is 1. The summed E-state index contributed by atoms with van der Waals surface area (Å²) >= 11 is 5.85. The molecule has 1 heterocycles. The first-order valence-electron chi connectivity index (χ1n) is 9.92. The van der Waals surface area contributed by atoms with Crippen molar-refractivity contribution in [2.75, 3.05) is 11.5 Å². The molecule has 5 nitrogen and oxygen atoms in total. The number of carbonyl (C=O) groups is 3. The fourth-order valence-electron chi connectivity index (χ4n) is 5.24. The summed E-state index contributed by atoms with van der Waals surface area (Å²) in [6.07, 6.45) is 3.11. The Hall–Kier alpha value is -2.66. The van der Waals surface area contributed by atoms with Gasteiger partial charge in [-0.1, -0.05) is 17.7 Å². The Balaban J connectivity index is 1.31. The van der Waals surface area contributed by atoms with Crippen LogP contribution in [0.25, 0.3) is 0 Å². The lowest BCUT2D eigenvalue weighted by molar-refractivity contribution is -0.123. The fourth-order valence-corrected chi connectivity index (χ4v) is 5.37. The number of halogens is 1. The molecule has 5 rings (SSSR count). The number of hydrogen-bond donors (Lipinski definition) is 0. The van der Waals surface area contributed by atoms with E-state index in [1.54, 1.807) is 48.5 Å². The van der Waals surface area contributed by atoms with Gasteiger partial charge in [0, 0.05) is 16.7 Å². The predicted molar refractivity (Wildman–Crippen MR) is 108 cm³/mol. The van der Waals surface area contributed by atoms with Crippen LogP contribution in [0.15, 0.2) is 48.5 Å². The highest BCUT2D eigenvalue weighted by Crippen LogP contribution is 2.56. The molecule has 2 saturated carbocycles. The van der Waals surface area contributed by atoms with Crippen LogP contribution in [0.2, 0.25) is 5.02 Å². The Morgan fingerprint density at radius 3 is 2.31 bits per heavy atom. The smallest absolute Gasteiger partial charge is 0.237 e. The molecule has 1 saturated heterocycles.